The summed E-state index contributed by atoms with van der Waals surface area (Å²) in [6, 6.07) is 0. The van der Waals surface area contributed by atoms with E-state index >= 15 is 0 Å². The van der Waals surface area contributed by atoms with Gasteiger partial charge in [0, 0.05) is 30.9 Å². The maximum absolute atomic E-state index is 12.0. The summed E-state index contributed by atoms with van der Waals surface area (Å²) in [6.45, 7) is 1.61. The lowest BCUT2D eigenvalue weighted by atomic mass is 9.75. The Morgan fingerprint density at radius 3 is 2.65 bits per heavy atom. The molecule has 1 atom stereocenters. The minimum absolute atomic E-state index is 0.150. The molecule has 1 aliphatic carbocycles. The molecule has 0 spiro atoms. The summed E-state index contributed by atoms with van der Waals surface area (Å²) in [5.41, 5.74) is 0.150. The molecule has 20 heavy (non-hydrogen) atoms. The lowest BCUT2D eigenvalue weighted by Crippen LogP contribution is -2.40. The maximum atomic E-state index is 12.0. The predicted molar refractivity (Wildman–Crippen MR) is 82.1 cm³/mol. The van der Waals surface area contributed by atoms with E-state index in [-0.39, 0.29) is 11.3 Å². The second-order valence-electron chi connectivity index (χ2n) is 6.50. The molecular weight excluding hydrogens is 274 g/mol. The van der Waals surface area contributed by atoms with Crippen molar-refractivity contribution in [2.75, 3.05) is 19.0 Å². The molecule has 116 valence electrons. The van der Waals surface area contributed by atoms with Crippen LogP contribution in [0.1, 0.15) is 64.2 Å². The van der Waals surface area contributed by atoms with Gasteiger partial charge in [0.25, 0.3) is 0 Å². The fraction of sp³-hybridized carbons (Fsp3) is 0.938. The lowest BCUT2D eigenvalue weighted by molar-refractivity contribution is -0.122. The van der Waals surface area contributed by atoms with Gasteiger partial charge in [0.15, 0.2) is 0 Å². The van der Waals surface area contributed by atoms with Crippen molar-refractivity contribution >= 4 is 17.5 Å². The molecule has 1 heterocycles. The van der Waals surface area contributed by atoms with Crippen molar-refractivity contribution in [3.8, 4) is 0 Å². The number of hydrogen-bond acceptors (Lipinski definition) is 2. The van der Waals surface area contributed by atoms with Crippen LogP contribution in [0.25, 0.3) is 0 Å². The van der Waals surface area contributed by atoms with E-state index in [9.17, 15) is 4.79 Å². The molecule has 1 unspecified atom stereocenters. The van der Waals surface area contributed by atoms with Crippen molar-refractivity contribution in [2.45, 2.75) is 70.3 Å². The Kier molecular flexibility index (Phi) is 6.63. The van der Waals surface area contributed by atoms with Gasteiger partial charge in [-0.15, -0.1) is 11.6 Å². The monoisotopic (exact) mass is 301 g/mol. The quantitative estimate of drug-likeness (QED) is 0.761. The number of hydrogen-bond donors (Lipinski definition) is 1. The Hall–Kier alpha value is -0.280. The maximum Gasteiger partial charge on any atom is 0.220 e. The molecule has 0 aromatic rings. The van der Waals surface area contributed by atoms with E-state index in [1.54, 1.807) is 0 Å². The fourth-order valence-electron chi connectivity index (χ4n) is 3.36. The highest BCUT2D eigenvalue weighted by atomic mass is 35.5. The standard InChI is InChI=1S/C16H28ClNO2/c17-12-16(9-3-1-4-10-16)13-18-15(19)8-7-14-6-2-5-11-20-14/h14H,1-13H2,(H,18,19). The van der Waals surface area contributed by atoms with Crippen LogP contribution in [0.3, 0.4) is 0 Å². The van der Waals surface area contributed by atoms with Crippen LogP contribution < -0.4 is 5.32 Å². The van der Waals surface area contributed by atoms with Crippen LogP contribution in [0.15, 0.2) is 0 Å². The summed E-state index contributed by atoms with van der Waals surface area (Å²) in [5.74, 6) is 0.827. The highest BCUT2D eigenvalue weighted by Crippen LogP contribution is 2.36. The highest BCUT2D eigenvalue weighted by molar-refractivity contribution is 6.18. The molecule has 1 saturated heterocycles. The van der Waals surface area contributed by atoms with Crippen molar-refractivity contribution in [2.24, 2.45) is 5.41 Å². The zero-order valence-electron chi connectivity index (χ0n) is 12.5. The normalized spacial score (nSPS) is 26.1. The van der Waals surface area contributed by atoms with Crippen molar-refractivity contribution in [3.63, 3.8) is 0 Å². The number of nitrogens with one attached hydrogen (secondary N) is 1. The molecule has 2 aliphatic rings. The number of amides is 1. The Labute approximate surface area is 127 Å². The Morgan fingerprint density at radius 1 is 1.20 bits per heavy atom. The van der Waals surface area contributed by atoms with Crippen LogP contribution in [-0.2, 0) is 9.53 Å². The van der Waals surface area contributed by atoms with Gasteiger partial charge in [-0.1, -0.05) is 19.3 Å². The molecule has 3 nitrogen and oxygen atoms in total. The summed E-state index contributed by atoms with van der Waals surface area (Å²) in [4.78, 5) is 12.0. The smallest absolute Gasteiger partial charge is 0.220 e. The molecule has 0 radical (unpaired) electrons. The molecule has 2 rings (SSSR count). The number of carbonyl (C=O) groups is 1. The van der Waals surface area contributed by atoms with Gasteiger partial charge in [-0.2, -0.15) is 0 Å². The van der Waals surface area contributed by atoms with E-state index in [1.165, 1.54) is 32.1 Å². The number of alkyl halides is 1. The number of halogens is 1. The fourth-order valence-corrected chi connectivity index (χ4v) is 3.72. The molecule has 2 fully saturated rings. The van der Waals surface area contributed by atoms with E-state index in [0.717, 1.165) is 38.8 Å². The molecule has 1 saturated carbocycles. The minimum atomic E-state index is 0.150. The number of rotatable bonds is 6. The van der Waals surface area contributed by atoms with Crippen LogP contribution in [-0.4, -0.2) is 31.0 Å². The van der Waals surface area contributed by atoms with Crippen molar-refractivity contribution in [1.29, 1.82) is 0 Å². The van der Waals surface area contributed by atoms with E-state index < -0.39 is 0 Å². The molecule has 4 heteroatoms. The van der Waals surface area contributed by atoms with Crippen molar-refractivity contribution < 1.29 is 9.53 Å². The third-order valence-electron chi connectivity index (χ3n) is 4.83. The summed E-state index contributed by atoms with van der Waals surface area (Å²) in [6.07, 6.45) is 11.4. The third kappa shape index (κ3) is 4.92. The predicted octanol–water partition coefficient (Wildman–Crippen LogP) is 3.64. The van der Waals surface area contributed by atoms with Crippen LogP contribution in [0, 0.1) is 5.41 Å². The van der Waals surface area contributed by atoms with Crippen molar-refractivity contribution in [1.82, 2.24) is 5.32 Å². The first-order valence-corrected chi connectivity index (χ1v) is 8.72. The summed E-state index contributed by atoms with van der Waals surface area (Å²) < 4.78 is 5.66. The largest absolute Gasteiger partial charge is 0.378 e. The number of ether oxygens (including phenoxy) is 1. The first-order chi connectivity index (χ1) is 9.74. The van der Waals surface area contributed by atoms with Gasteiger partial charge >= 0.3 is 0 Å². The average molecular weight is 302 g/mol. The Bertz CT molecular complexity index is 297. The summed E-state index contributed by atoms with van der Waals surface area (Å²) in [7, 11) is 0. The second-order valence-corrected chi connectivity index (χ2v) is 6.77. The Morgan fingerprint density at radius 2 is 2.00 bits per heavy atom. The molecule has 1 N–H and O–H groups in total. The van der Waals surface area contributed by atoms with Crippen LogP contribution in [0.5, 0.6) is 0 Å². The highest BCUT2D eigenvalue weighted by Gasteiger charge is 2.31. The Balaban J connectivity index is 1.65. The zero-order chi connectivity index (χ0) is 14.3. The number of carbonyl (C=O) groups excluding carboxylic acids is 1. The van der Waals surface area contributed by atoms with E-state index in [4.69, 9.17) is 16.3 Å². The SMILES string of the molecule is O=C(CCC1CCCCO1)NCC1(CCl)CCCCC1. The van der Waals surface area contributed by atoms with Gasteiger partial charge in [0.05, 0.1) is 6.10 Å². The van der Waals surface area contributed by atoms with Gasteiger partial charge < -0.3 is 10.1 Å². The molecule has 1 aliphatic heterocycles. The molecule has 1 amide bonds. The topological polar surface area (TPSA) is 38.3 Å². The van der Waals surface area contributed by atoms with Crippen LogP contribution >= 0.6 is 11.6 Å². The first kappa shape index (κ1) is 16.1. The summed E-state index contributed by atoms with van der Waals surface area (Å²) >= 11 is 6.15. The molecular formula is C16H28ClNO2. The van der Waals surface area contributed by atoms with Gasteiger partial charge in [0.2, 0.25) is 5.91 Å². The summed E-state index contributed by atoms with van der Waals surface area (Å²) in [5, 5.41) is 3.10. The third-order valence-corrected chi connectivity index (χ3v) is 5.39. The molecule has 0 bridgehead atoms. The molecule has 0 aromatic carbocycles. The van der Waals surface area contributed by atoms with E-state index in [1.807, 2.05) is 0 Å². The first-order valence-electron chi connectivity index (χ1n) is 8.18. The van der Waals surface area contributed by atoms with Gasteiger partial charge in [-0.05, 0) is 38.5 Å². The van der Waals surface area contributed by atoms with Crippen LogP contribution in [0.4, 0.5) is 0 Å². The van der Waals surface area contributed by atoms with E-state index in [2.05, 4.69) is 5.32 Å². The van der Waals surface area contributed by atoms with Gasteiger partial charge in [-0.25, -0.2) is 0 Å². The zero-order valence-corrected chi connectivity index (χ0v) is 13.2. The second kappa shape index (κ2) is 8.23. The minimum Gasteiger partial charge on any atom is -0.378 e. The molecule has 0 aromatic heterocycles. The van der Waals surface area contributed by atoms with Crippen LogP contribution in [0.2, 0.25) is 0 Å². The van der Waals surface area contributed by atoms with Gasteiger partial charge in [0.1, 0.15) is 0 Å². The average Bonchev–Trinajstić information content (AvgIpc) is 2.53. The lowest BCUT2D eigenvalue weighted by Gasteiger charge is -2.35. The van der Waals surface area contributed by atoms with Gasteiger partial charge in [-0.3, -0.25) is 4.79 Å². The van der Waals surface area contributed by atoms with E-state index in [0.29, 0.717) is 18.4 Å². The van der Waals surface area contributed by atoms with Crippen molar-refractivity contribution in [3.05, 3.63) is 0 Å².